The van der Waals surface area contributed by atoms with Gasteiger partial charge in [0.15, 0.2) is 0 Å². The highest BCUT2D eigenvalue weighted by molar-refractivity contribution is 5.34. The highest BCUT2D eigenvalue weighted by atomic mass is 16.6. The van der Waals surface area contributed by atoms with Gasteiger partial charge in [0.05, 0.1) is 4.92 Å². The average Bonchev–Trinajstić information content (AvgIpc) is 2.83. The molecule has 1 unspecified atom stereocenters. The molecular formula is C15H22N2O2. The fourth-order valence-electron chi connectivity index (χ4n) is 2.81. The first kappa shape index (κ1) is 14.0. The smallest absolute Gasteiger partial charge is 0.269 e. The Morgan fingerprint density at radius 1 is 1.32 bits per heavy atom. The number of hydrogen-bond donors (Lipinski definition) is 1. The van der Waals surface area contributed by atoms with Crippen LogP contribution in [-0.4, -0.2) is 11.5 Å². The summed E-state index contributed by atoms with van der Waals surface area (Å²) in [7, 11) is 0. The molecule has 0 heterocycles. The Hall–Kier alpha value is -1.42. The summed E-state index contributed by atoms with van der Waals surface area (Å²) < 4.78 is 0. The van der Waals surface area contributed by atoms with Gasteiger partial charge in [-0.1, -0.05) is 31.9 Å². The van der Waals surface area contributed by atoms with E-state index in [4.69, 9.17) is 0 Å². The topological polar surface area (TPSA) is 55.2 Å². The third-order valence-corrected chi connectivity index (χ3v) is 4.25. The van der Waals surface area contributed by atoms with E-state index >= 15 is 0 Å². The van der Waals surface area contributed by atoms with E-state index in [-0.39, 0.29) is 16.7 Å². The van der Waals surface area contributed by atoms with Crippen molar-refractivity contribution in [3.05, 3.63) is 39.9 Å². The van der Waals surface area contributed by atoms with E-state index in [9.17, 15) is 10.1 Å². The third kappa shape index (κ3) is 3.53. The van der Waals surface area contributed by atoms with Crippen LogP contribution >= 0.6 is 0 Å². The predicted molar refractivity (Wildman–Crippen MR) is 76.1 cm³/mol. The van der Waals surface area contributed by atoms with Crippen LogP contribution in [0.1, 0.15) is 51.1 Å². The minimum atomic E-state index is -0.360. The largest absolute Gasteiger partial charge is 0.310 e. The van der Waals surface area contributed by atoms with E-state index in [1.807, 2.05) is 12.1 Å². The summed E-state index contributed by atoms with van der Waals surface area (Å²) in [6, 6.07) is 7.06. The summed E-state index contributed by atoms with van der Waals surface area (Å²) in [5.41, 5.74) is 1.68. The predicted octanol–water partition coefficient (Wildman–Crippen LogP) is 3.83. The Morgan fingerprint density at radius 2 is 1.89 bits per heavy atom. The lowest BCUT2D eigenvalue weighted by Crippen LogP contribution is -2.31. The second-order valence-electron chi connectivity index (χ2n) is 5.97. The fraction of sp³-hybridized carbons (Fsp3) is 0.600. The summed E-state index contributed by atoms with van der Waals surface area (Å²) >= 11 is 0. The maximum absolute atomic E-state index is 10.6. The molecule has 104 valence electrons. The molecule has 1 aromatic carbocycles. The molecule has 1 aliphatic rings. The number of non-ortho nitro benzene ring substituents is 1. The van der Waals surface area contributed by atoms with E-state index in [1.54, 1.807) is 12.1 Å². The minimum absolute atomic E-state index is 0.152. The van der Waals surface area contributed by atoms with Crippen molar-refractivity contribution in [2.45, 2.75) is 45.6 Å². The molecule has 1 saturated carbocycles. The molecule has 4 heteroatoms. The molecule has 0 bridgehead atoms. The SMILES string of the molecule is CC(NCC1(C)CCCC1)c1ccc([N+](=O)[O-])cc1. The molecule has 19 heavy (non-hydrogen) atoms. The van der Waals surface area contributed by atoms with E-state index < -0.39 is 0 Å². The lowest BCUT2D eigenvalue weighted by atomic mass is 9.88. The lowest BCUT2D eigenvalue weighted by Gasteiger charge is -2.26. The van der Waals surface area contributed by atoms with Crippen molar-refractivity contribution in [1.29, 1.82) is 0 Å². The monoisotopic (exact) mass is 262 g/mol. The van der Waals surface area contributed by atoms with Crippen LogP contribution in [0.3, 0.4) is 0 Å². The van der Waals surface area contributed by atoms with Gasteiger partial charge in [0, 0.05) is 24.7 Å². The minimum Gasteiger partial charge on any atom is -0.310 e. The van der Waals surface area contributed by atoms with Crippen LogP contribution < -0.4 is 5.32 Å². The van der Waals surface area contributed by atoms with E-state index in [0.29, 0.717) is 5.41 Å². The normalized spacial score (nSPS) is 19.3. The van der Waals surface area contributed by atoms with Gasteiger partial charge in [-0.25, -0.2) is 0 Å². The number of hydrogen-bond acceptors (Lipinski definition) is 3. The van der Waals surface area contributed by atoms with Crippen LogP contribution in [0, 0.1) is 15.5 Å². The molecule has 0 saturated heterocycles. The maximum atomic E-state index is 10.6. The van der Waals surface area contributed by atoms with Gasteiger partial charge in [-0.3, -0.25) is 10.1 Å². The number of benzene rings is 1. The maximum Gasteiger partial charge on any atom is 0.269 e. The van der Waals surface area contributed by atoms with Crippen LogP contribution in [0.5, 0.6) is 0 Å². The molecule has 2 rings (SSSR count). The van der Waals surface area contributed by atoms with E-state index in [2.05, 4.69) is 19.2 Å². The van der Waals surface area contributed by atoms with Crippen molar-refractivity contribution in [1.82, 2.24) is 5.32 Å². The Kier molecular flexibility index (Phi) is 4.20. The van der Waals surface area contributed by atoms with Crippen LogP contribution in [0.4, 0.5) is 5.69 Å². The molecular weight excluding hydrogens is 240 g/mol. The Labute approximate surface area is 114 Å². The molecule has 1 aromatic rings. The van der Waals surface area contributed by atoms with Crippen molar-refractivity contribution in [3.63, 3.8) is 0 Å². The lowest BCUT2D eigenvalue weighted by molar-refractivity contribution is -0.384. The first-order chi connectivity index (χ1) is 9.00. The molecule has 1 fully saturated rings. The summed E-state index contributed by atoms with van der Waals surface area (Å²) in [4.78, 5) is 10.3. The van der Waals surface area contributed by atoms with Gasteiger partial charge < -0.3 is 5.32 Å². The number of nitrogens with one attached hydrogen (secondary N) is 1. The summed E-state index contributed by atoms with van der Waals surface area (Å²) in [6.45, 7) is 5.47. The van der Waals surface area contributed by atoms with Crippen molar-refractivity contribution in [2.75, 3.05) is 6.54 Å². The molecule has 0 radical (unpaired) electrons. The third-order valence-electron chi connectivity index (χ3n) is 4.25. The zero-order valence-corrected chi connectivity index (χ0v) is 11.7. The molecule has 1 aliphatic carbocycles. The Morgan fingerprint density at radius 3 is 2.42 bits per heavy atom. The van der Waals surface area contributed by atoms with Gasteiger partial charge >= 0.3 is 0 Å². The zero-order valence-electron chi connectivity index (χ0n) is 11.7. The van der Waals surface area contributed by atoms with Crippen LogP contribution in [0.25, 0.3) is 0 Å². The zero-order chi connectivity index (χ0) is 13.9. The van der Waals surface area contributed by atoms with Gasteiger partial charge in [0.25, 0.3) is 5.69 Å². The van der Waals surface area contributed by atoms with Crippen LogP contribution in [0.2, 0.25) is 0 Å². The number of nitro benzene ring substituents is 1. The molecule has 4 nitrogen and oxygen atoms in total. The van der Waals surface area contributed by atoms with E-state index in [1.165, 1.54) is 25.7 Å². The van der Waals surface area contributed by atoms with Gasteiger partial charge in [-0.15, -0.1) is 0 Å². The summed E-state index contributed by atoms with van der Waals surface area (Å²) in [5, 5.41) is 14.2. The van der Waals surface area contributed by atoms with Crippen molar-refractivity contribution < 1.29 is 4.92 Å². The highest BCUT2D eigenvalue weighted by Gasteiger charge is 2.28. The van der Waals surface area contributed by atoms with Gasteiger partial charge in [-0.05, 0) is 30.7 Å². The van der Waals surface area contributed by atoms with Gasteiger partial charge in [-0.2, -0.15) is 0 Å². The summed E-state index contributed by atoms with van der Waals surface area (Å²) in [5.74, 6) is 0. The number of nitrogens with zero attached hydrogens (tertiary/aromatic N) is 1. The molecule has 0 spiro atoms. The molecule has 1 atom stereocenters. The Balaban J connectivity index is 1.92. The summed E-state index contributed by atoms with van der Waals surface area (Å²) in [6.07, 6.45) is 5.27. The second kappa shape index (κ2) is 5.70. The molecule has 0 amide bonds. The Bertz CT molecular complexity index is 436. The average molecular weight is 262 g/mol. The molecule has 1 N–H and O–H groups in total. The standard InChI is InChI=1S/C15H22N2O2/c1-12(16-11-15(2)9-3-4-10-15)13-5-7-14(8-6-13)17(18)19/h5-8,12,16H,3-4,9-11H2,1-2H3. The highest BCUT2D eigenvalue weighted by Crippen LogP contribution is 2.37. The van der Waals surface area contributed by atoms with Crippen molar-refractivity contribution in [3.8, 4) is 0 Å². The van der Waals surface area contributed by atoms with Crippen molar-refractivity contribution >= 4 is 5.69 Å². The second-order valence-corrected chi connectivity index (χ2v) is 5.97. The molecule has 0 aliphatic heterocycles. The van der Waals surface area contributed by atoms with Crippen molar-refractivity contribution in [2.24, 2.45) is 5.41 Å². The molecule has 0 aromatic heterocycles. The van der Waals surface area contributed by atoms with Crippen LogP contribution in [-0.2, 0) is 0 Å². The number of rotatable bonds is 5. The van der Waals surface area contributed by atoms with Gasteiger partial charge in [0.2, 0.25) is 0 Å². The number of nitro groups is 1. The first-order valence-electron chi connectivity index (χ1n) is 6.98. The van der Waals surface area contributed by atoms with Crippen LogP contribution in [0.15, 0.2) is 24.3 Å². The van der Waals surface area contributed by atoms with Gasteiger partial charge in [0.1, 0.15) is 0 Å². The fourth-order valence-corrected chi connectivity index (χ4v) is 2.81. The van der Waals surface area contributed by atoms with E-state index in [0.717, 1.165) is 12.1 Å². The first-order valence-corrected chi connectivity index (χ1v) is 6.98. The quantitative estimate of drug-likeness (QED) is 0.648.